The summed E-state index contributed by atoms with van der Waals surface area (Å²) in [5.41, 5.74) is 0. The van der Waals surface area contributed by atoms with E-state index in [2.05, 4.69) is 0 Å². The van der Waals surface area contributed by atoms with Gasteiger partial charge < -0.3 is 4.90 Å². The van der Waals surface area contributed by atoms with Gasteiger partial charge in [0.05, 0.1) is 13.2 Å². The van der Waals surface area contributed by atoms with E-state index >= 15 is 0 Å². The van der Waals surface area contributed by atoms with Gasteiger partial charge in [-0.25, -0.2) is 0 Å². The second kappa shape index (κ2) is 3.53. The van der Waals surface area contributed by atoms with Crippen molar-refractivity contribution >= 4 is 5.91 Å². The Balaban J connectivity index is 2.42. The molecule has 3 nitrogen and oxygen atoms in total. The molecule has 0 aromatic heterocycles. The van der Waals surface area contributed by atoms with Gasteiger partial charge in [0.25, 0.3) is 0 Å². The molecule has 1 amide bonds. The summed E-state index contributed by atoms with van der Waals surface area (Å²) in [6, 6.07) is 0. The number of hydrogen-bond donors (Lipinski definition) is 0. The third kappa shape index (κ3) is 3.22. The molecule has 13 heavy (non-hydrogen) atoms. The van der Waals surface area contributed by atoms with Crippen molar-refractivity contribution in [2.45, 2.75) is 12.6 Å². The highest BCUT2D eigenvalue weighted by Gasteiger charge is 2.33. The highest BCUT2D eigenvalue weighted by atomic mass is 19.4. The molecule has 1 aliphatic heterocycles. The molecule has 0 saturated carbocycles. The first-order chi connectivity index (χ1) is 5.88. The molecule has 1 aliphatic rings. The largest absolute Gasteiger partial charge is 0.401 e. The van der Waals surface area contributed by atoms with Crippen LogP contribution in [0.2, 0.25) is 0 Å². The third-order valence-corrected chi connectivity index (χ3v) is 1.88. The summed E-state index contributed by atoms with van der Waals surface area (Å²) in [4.78, 5) is 13.4. The Hall–Kier alpha value is -0.780. The second-order valence-corrected chi connectivity index (χ2v) is 3.15. The Morgan fingerprint density at radius 2 is 2.08 bits per heavy atom. The first kappa shape index (κ1) is 10.3. The number of rotatable bonds is 1. The minimum Gasteiger partial charge on any atom is -0.333 e. The molecule has 0 aliphatic carbocycles. The summed E-state index contributed by atoms with van der Waals surface area (Å²) in [5, 5.41) is 0. The predicted molar refractivity (Wildman–Crippen MR) is 39.9 cm³/mol. The quantitative estimate of drug-likeness (QED) is 0.615. The molecular formula is C7H11F3N2O. The van der Waals surface area contributed by atoms with Crippen molar-refractivity contribution in [3.63, 3.8) is 0 Å². The van der Waals surface area contributed by atoms with Crippen LogP contribution in [0.4, 0.5) is 13.2 Å². The summed E-state index contributed by atoms with van der Waals surface area (Å²) < 4.78 is 35.8. The van der Waals surface area contributed by atoms with Gasteiger partial charge in [-0.2, -0.15) is 13.2 Å². The van der Waals surface area contributed by atoms with Crippen LogP contribution in [0.15, 0.2) is 0 Å². The van der Waals surface area contributed by atoms with E-state index in [9.17, 15) is 18.0 Å². The van der Waals surface area contributed by atoms with Crippen LogP contribution in [0.5, 0.6) is 0 Å². The van der Waals surface area contributed by atoms with Crippen LogP contribution in [-0.2, 0) is 4.79 Å². The van der Waals surface area contributed by atoms with Gasteiger partial charge >= 0.3 is 6.18 Å². The minimum atomic E-state index is -4.18. The molecule has 0 N–H and O–H groups in total. The molecular weight excluding hydrogens is 185 g/mol. The molecule has 0 bridgehead atoms. The SMILES string of the molecule is CN1CN(CC(F)(F)F)CCC1=O. The zero-order valence-corrected chi connectivity index (χ0v) is 7.26. The molecule has 1 heterocycles. The Kier molecular flexibility index (Phi) is 2.80. The monoisotopic (exact) mass is 196 g/mol. The Morgan fingerprint density at radius 3 is 2.54 bits per heavy atom. The van der Waals surface area contributed by atoms with Gasteiger partial charge in [0, 0.05) is 20.0 Å². The van der Waals surface area contributed by atoms with Gasteiger partial charge in [0.1, 0.15) is 0 Å². The topological polar surface area (TPSA) is 23.6 Å². The van der Waals surface area contributed by atoms with Gasteiger partial charge in [0.15, 0.2) is 0 Å². The van der Waals surface area contributed by atoms with E-state index in [1.807, 2.05) is 0 Å². The van der Waals surface area contributed by atoms with Gasteiger partial charge in [-0.05, 0) is 0 Å². The van der Waals surface area contributed by atoms with Crippen LogP contribution in [-0.4, -0.2) is 48.7 Å². The summed E-state index contributed by atoms with van der Waals surface area (Å²) in [6.07, 6.45) is -4.01. The summed E-state index contributed by atoms with van der Waals surface area (Å²) in [5.74, 6) is -0.0987. The van der Waals surface area contributed by atoms with Crippen molar-refractivity contribution in [1.29, 1.82) is 0 Å². The molecule has 0 aromatic rings. The van der Waals surface area contributed by atoms with Crippen molar-refractivity contribution in [2.75, 3.05) is 26.8 Å². The maximum absolute atomic E-state index is 11.9. The first-order valence-corrected chi connectivity index (χ1v) is 3.91. The highest BCUT2D eigenvalue weighted by Crippen LogP contribution is 2.18. The molecule has 6 heteroatoms. The van der Waals surface area contributed by atoms with Crippen LogP contribution < -0.4 is 0 Å². The Morgan fingerprint density at radius 1 is 1.46 bits per heavy atom. The van der Waals surface area contributed by atoms with Crippen LogP contribution in [0.25, 0.3) is 0 Å². The van der Waals surface area contributed by atoms with Crippen molar-refractivity contribution in [3.05, 3.63) is 0 Å². The smallest absolute Gasteiger partial charge is 0.333 e. The van der Waals surface area contributed by atoms with E-state index in [-0.39, 0.29) is 25.5 Å². The van der Waals surface area contributed by atoms with Crippen LogP contribution in [0.1, 0.15) is 6.42 Å². The average Bonchev–Trinajstić information content (AvgIpc) is 1.94. The van der Waals surface area contributed by atoms with Crippen molar-refractivity contribution in [3.8, 4) is 0 Å². The van der Waals surface area contributed by atoms with E-state index in [0.717, 1.165) is 0 Å². The van der Waals surface area contributed by atoms with Gasteiger partial charge in [-0.15, -0.1) is 0 Å². The van der Waals surface area contributed by atoms with Gasteiger partial charge in [0.2, 0.25) is 5.91 Å². The maximum Gasteiger partial charge on any atom is 0.401 e. The lowest BCUT2D eigenvalue weighted by Crippen LogP contribution is -2.48. The standard InChI is InChI=1S/C7H11F3N2O/c1-11-5-12(3-2-6(11)13)4-7(8,9)10/h2-5H2,1H3. The zero-order valence-electron chi connectivity index (χ0n) is 7.26. The number of amides is 1. The molecule has 76 valence electrons. The predicted octanol–water partition coefficient (Wildman–Crippen LogP) is 0.670. The van der Waals surface area contributed by atoms with E-state index in [1.54, 1.807) is 0 Å². The van der Waals surface area contributed by atoms with Crippen molar-refractivity contribution in [2.24, 2.45) is 0 Å². The average molecular weight is 196 g/mol. The molecule has 0 atom stereocenters. The third-order valence-electron chi connectivity index (χ3n) is 1.88. The first-order valence-electron chi connectivity index (χ1n) is 3.91. The fourth-order valence-corrected chi connectivity index (χ4v) is 1.28. The minimum absolute atomic E-state index is 0.0678. The lowest BCUT2D eigenvalue weighted by molar-refractivity contribution is -0.160. The van der Waals surface area contributed by atoms with Crippen molar-refractivity contribution in [1.82, 2.24) is 9.80 Å². The van der Waals surface area contributed by atoms with E-state index in [1.165, 1.54) is 16.8 Å². The fourth-order valence-electron chi connectivity index (χ4n) is 1.28. The van der Waals surface area contributed by atoms with E-state index in [4.69, 9.17) is 0 Å². The number of hydrogen-bond acceptors (Lipinski definition) is 2. The fraction of sp³-hybridized carbons (Fsp3) is 0.857. The number of nitrogens with zero attached hydrogens (tertiary/aromatic N) is 2. The molecule has 1 rings (SSSR count). The van der Waals surface area contributed by atoms with Crippen LogP contribution in [0.3, 0.4) is 0 Å². The molecule has 0 spiro atoms. The molecule has 1 saturated heterocycles. The lowest BCUT2D eigenvalue weighted by Gasteiger charge is -2.33. The molecule has 0 radical (unpaired) electrons. The maximum atomic E-state index is 11.9. The molecule has 0 aromatic carbocycles. The Bertz CT molecular complexity index is 204. The number of carbonyl (C=O) groups excluding carboxylic acids is 1. The van der Waals surface area contributed by atoms with E-state index in [0.29, 0.717) is 0 Å². The Labute approximate surface area is 74.1 Å². The van der Waals surface area contributed by atoms with Crippen LogP contribution >= 0.6 is 0 Å². The highest BCUT2D eigenvalue weighted by molar-refractivity contribution is 5.76. The van der Waals surface area contributed by atoms with Crippen LogP contribution in [0, 0.1) is 0 Å². The van der Waals surface area contributed by atoms with Gasteiger partial charge in [-0.3, -0.25) is 9.69 Å². The summed E-state index contributed by atoms with van der Waals surface area (Å²) >= 11 is 0. The summed E-state index contributed by atoms with van der Waals surface area (Å²) in [7, 11) is 1.50. The summed E-state index contributed by atoms with van der Waals surface area (Å²) in [6.45, 7) is -0.675. The molecule has 1 fully saturated rings. The van der Waals surface area contributed by atoms with E-state index < -0.39 is 12.7 Å². The molecule has 0 unspecified atom stereocenters. The number of halogens is 3. The zero-order chi connectivity index (χ0) is 10.1. The number of carbonyl (C=O) groups is 1. The van der Waals surface area contributed by atoms with Crippen molar-refractivity contribution < 1.29 is 18.0 Å². The normalized spacial score (nSPS) is 20.9. The van der Waals surface area contributed by atoms with Gasteiger partial charge in [-0.1, -0.05) is 0 Å². The second-order valence-electron chi connectivity index (χ2n) is 3.15. The number of alkyl halides is 3. The lowest BCUT2D eigenvalue weighted by atomic mass is 10.3.